The van der Waals surface area contributed by atoms with Crippen LogP contribution in [0.5, 0.6) is 0 Å². The molecule has 0 rings (SSSR count). The first-order valence-electron chi connectivity index (χ1n) is 9.45. The molecule has 0 N–H and O–H groups in total. The minimum absolute atomic E-state index is 0.175. The Hall–Kier alpha value is -0.790. The van der Waals surface area contributed by atoms with E-state index in [0.29, 0.717) is 12.2 Å². The molecule has 0 aromatic carbocycles. The number of unbranched alkanes of at least 4 members (excludes halogenated alkanes) is 11. The normalized spacial score (nSPS) is 10.9. The second kappa shape index (κ2) is 15.1. The summed E-state index contributed by atoms with van der Waals surface area (Å²) in [5, 5.41) is 0. The largest absolute Gasteiger partial charge is 0.462 e. The Labute approximate surface area is 138 Å². The molecule has 2 nitrogen and oxygen atoms in total. The van der Waals surface area contributed by atoms with Crippen LogP contribution in [0.3, 0.4) is 0 Å². The van der Waals surface area contributed by atoms with E-state index in [0.717, 1.165) is 12.8 Å². The van der Waals surface area contributed by atoms with Gasteiger partial charge in [0.25, 0.3) is 0 Å². The minimum Gasteiger partial charge on any atom is -0.462 e. The minimum atomic E-state index is -0.224. The Balaban J connectivity index is 3.21. The summed E-state index contributed by atoms with van der Waals surface area (Å²) in [6, 6.07) is 0. The Morgan fingerprint density at radius 3 is 1.64 bits per heavy atom. The lowest BCUT2D eigenvalue weighted by molar-refractivity contribution is -0.139. The van der Waals surface area contributed by atoms with Crippen molar-refractivity contribution in [2.75, 3.05) is 6.61 Å². The highest BCUT2D eigenvalue weighted by Crippen LogP contribution is 2.12. The molecule has 0 aromatic rings. The molecule has 0 aliphatic rings. The molecule has 0 spiro atoms. The van der Waals surface area contributed by atoms with Gasteiger partial charge >= 0.3 is 5.97 Å². The third kappa shape index (κ3) is 12.9. The zero-order valence-electron chi connectivity index (χ0n) is 15.3. The van der Waals surface area contributed by atoms with Crippen LogP contribution in [0.4, 0.5) is 0 Å². The second-order valence-corrected chi connectivity index (χ2v) is 6.70. The molecule has 22 heavy (non-hydrogen) atoms. The van der Waals surface area contributed by atoms with Crippen LogP contribution < -0.4 is 0 Å². The fourth-order valence-corrected chi connectivity index (χ4v) is 2.44. The maximum Gasteiger partial charge on any atom is 0.333 e. The summed E-state index contributed by atoms with van der Waals surface area (Å²) in [5.74, 6) is -0.0486. The van der Waals surface area contributed by atoms with E-state index in [1.807, 2.05) is 13.8 Å². The monoisotopic (exact) mass is 310 g/mol. The van der Waals surface area contributed by atoms with Gasteiger partial charge in [0.15, 0.2) is 0 Å². The summed E-state index contributed by atoms with van der Waals surface area (Å²) in [6.45, 7) is 10.5. The smallest absolute Gasteiger partial charge is 0.333 e. The quantitative estimate of drug-likeness (QED) is 0.197. The van der Waals surface area contributed by atoms with Crippen molar-refractivity contribution in [1.82, 2.24) is 0 Å². The van der Waals surface area contributed by atoms with E-state index in [-0.39, 0.29) is 11.9 Å². The van der Waals surface area contributed by atoms with E-state index in [1.165, 1.54) is 64.2 Å². The highest BCUT2D eigenvalue weighted by molar-refractivity contribution is 5.88. The predicted octanol–water partition coefficient (Wildman–Crippen LogP) is 6.44. The molecule has 0 aliphatic carbocycles. The summed E-state index contributed by atoms with van der Waals surface area (Å²) >= 11 is 0. The van der Waals surface area contributed by atoms with Crippen LogP contribution >= 0.6 is 0 Å². The highest BCUT2D eigenvalue weighted by atomic mass is 16.5. The number of carbonyl (C=O) groups is 1. The van der Waals surface area contributed by atoms with Gasteiger partial charge in [-0.3, -0.25) is 0 Å². The van der Waals surface area contributed by atoms with Crippen molar-refractivity contribution in [1.29, 1.82) is 0 Å². The van der Waals surface area contributed by atoms with Crippen molar-refractivity contribution in [2.24, 2.45) is 5.92 Å². The number of ether oxygens (including phenoxy) is 1. The predicted molar refractivity (Wildman–Crippen MR) is 96.0 cm³/mol. The number of hydrogen-bond donors (Lipinski definition) is 0. The van der Waals surface area contributed by atoms with Crippen molar-refractivity contribution >= 4 is 5.97 Å². The van der Waals surface area contributed by atoms with Crippen molar-refractivity contribution in [3.05, 3.63) is 12.2 Å². The van der Waals surface area contributed by atoms with Gasteiger partial charge in [-0.1, -0.05) is 98.0 Å². The molecule has 2 heteroatoms. The van der Waals surface area contributed by atoms with Gasteiger partial charge in [0, 0.05) is 5.57 Å². The lowest BCUT2D eigenvalue weighted by Gasteiger charge is -2.09. The van der Waals surface area contributed by atoms with Gasteiger partial charge in [0.05, 0.1) is 6.61 Å². The molecule has 0 radical (unpaired) electrons. The molecule has 0 aromatic heterocycles. The van der Waals surface area contributed by atoms with Gasteiger partial charge in [-0.2, -0.15) is 0 Å². The summed E-state index contributed by atoms with van der Waals surface area (Å²) < 4.78 is 5.22. The third-order valence-corrected chi connectivity index (χ3v) is 4.19. The third-order valence-electron chi connectivity index (χ3n) is 4.19. The number of carbonyl (C=O) groups excluding carboxylic acids is 1. The molecular formula is C20H38O2. The summed E-state index contributed by atoms with van der Waals surface area (Å²) in [6.07, 6.45) is 15.9. The topological polar surface area (TPSA) is 26.3 Å². The Morgan fingerprint density at radius 1 is 0.818 bits per heavy atom. The molecule has 0 saturated heterocycles. The first-order valence-corrected chi connectivity index (χ1v) is 9.45. The van der Waals surface area contributed by atoms with Crippen molar-refractivity contribution < 1.29 is 9.53 Å². The zero-order chi connectivity index (χ0) is 16.6. The Morgan fingerprint density at radius 2 is 1.23 bits per heavy atom. The van der Waals surface area contributed by atoms with Crippen LogP contribution in [0.2, 0.25) is 0 Å². The lowest BCUT2D eigenvalue weighted by Crippen LogP contribution is -2.12. The second-order valence-electron chi connectivity index (χ2n) is 6.70. The molecule has 0 aliphatic heterocycles. The van der Waals surface area contributed by atoms with Gasteiger partial charge < -0.3 is 4.74 Å². The van der Waals surface area contributed by atoms with Gasteiger partial charge in [-0.25, -0.2) is 4.79 Å². The van der Waals surface area contributed by atoms with E-state index in [4.69, 9.17) is 4.74 Å². The van der Waals surface area contributed by atoms with E-state index in [9.17, 15) is 4.79 Å². The first kappa shape index (κ1) is 21.2. The van der Waals surface area contributed by atoms with Gasteiger partial charge in [-0.05, 0) is 12.3 Å². The molecular weight excluding hydrogens is 272 g/mol. The molecule has 0 bridgehead atoms. The summed E-state index contributed by atoms with van der Waals surface area (Å²) in [4.78, 5) is 11.6. The van der Waals surface area contributed by atoms with Crippen molar-refractivity contribution in [3.8, 4) is 0 Å². The Bertz CT molecular complexity index is 281. The fraction of sp³-hybridized carbons (Fsp3) is 0.850. The van der Waals surface area contributed by atoms with Crippen LogP contribution in [0, 0.1) is 5.92 Å². The molecule has 0 fully saturated rings. The number of esters is 1. The van der Waals surface area contributed by atoms with E-state index >= 15 is 0 Å². The SMILES string of the molecule is C=C(C(=O)OCCCCCCCCCCCCCC)C(C)C. The van der Waals surface area contributed by atoms with Gasteiger partial charge in [0.1, 0.15) is 0 Å². The molecule has 0 amide bonds. The molecule has 0 unspecified atom stereocenters. The maximum absolute atomic E-state index is 11.6. The van der Waals surface area contributed by atoms with Crippen molar-refractivity contribution in [2.45, 2.75) is 97.8 Å². The van der Waals surface area contributed by atoms with E-state index < -0.39 is 0 Å². The molecule has 0 atom stereocenters. The van der Waals surface area contributed by atoms with E-state index in [1.54, 1.807) is 0 Å². The average Bonchev–Trinajstić information content (AvgIpc) is 2.50. The zero-order valence-corrected chi connectivity index (χ0v) is 15.3. The first-order chi connectivity index (χ1) is 10.6. The van der Waals surface area contributed by atoms with Crippen LogP contribution in [0.15, 0.2) is 12.2 Å². The van der Waals surface area contributed by atoms with Crippen molar-refractivity contribution in [3.63, 3.8) is 0 Å². The summed E-state index contributed by atoms with van der Waals surface area (Å²) in [5.41, 5.74) is 0.582. The number of hydrogen-bond acceptors (Lipinski definition) is 2. The summed E-state index contributed by atoms with van der Waals surface area (Å²) in [7, 11) is 0. The van der Waals surface area contributed by atoms with Gasteiger partial charge in [0.2, 0.25) is 0 Å². The molecule has 130 valence electrons. The lowest BCUT2D eigenvalue weighted by atomic mass is 10.1. The molecule has 0 saturated carbocycles. The maximum atomic E-state index is 11.6. The molecule has 0 heterocycles. The highest BCUT2D eigenvalue weighted by Gasteiger charge is 2.11. The van der Waals surface area contributed by atoms with Crippen LogP contribution in [-0.4, -0.2) is 12.6 Å². The fourth-order valence-electron chi connectivity index (χ4n) is 2.44. The van der Waals surface area contributed by atoms with Crippen LogP contribution in [0.1, 0.15) is 97.8 Å². The van der Waals surface area contributed by atoms with Crippen LogP contribution in [-0.2, 0) is 9.53 Å². The van der Waals surface area contributed by atoms with Gasteiger partial charge in [-0.15, -0.1) is 0 Å². The van der Waals surface area contributed by atoms with E-state index in [2.05, 4.69) is 13.5 Å². The Kier molecular flexibility index (Phi) is 14.6. The number of rotatable bonds is 15. The standard InChI is InChI=1S/C20H38O2/c1-5-6-7-8-9-10-11-12-13-14-15-16-17-22-20(21)19(4)18(2)3/h18H,4-17H2,1-3H3. The van der Waals surface area contributed by atoms with Crippen LogP contribution in [0.25, 0.3) is 0 Å². The average molecular weight is 311 g/mol.